The van der Waals surface area contributed by atoms with Gasteiger partial charge in [0, 0.05) is 0 Å². The molecule has 0 amide bonds. The summed E-state index contributed by atoms with van der Waals surface area (Å²) < 4.78 is 5.73. The van der Waals surface area contributed by atoms with Gasteiger partial charge < -0.3 is 4.74 Å². The molecule has 108 valence electrons. The molecule has 1 aliphatic carbocycles. The van der Waals surface area contributed by atoms with Gasteiger partial charge in [-0.25, -0.2) is 0 Å². The lowest BCUT2D eigenvalue weighted by Crippen LogP contribution is -2.38. The first-order valence-electron chi connectivity index (χ1n) is 7.47. The van der Waals surface area contributed by atoms with Gasteiger partial charge in [0.15, 0.2) is 0 Å². The van der Waals surface area contributed by atoms with Gasteiger partial charge in [0.2, 0.25) is 0 Å². The largest absolute Gasteiger partial charge is 0.459 e. The van der Waals surface area contributed by atoms with Crippen molar-refractivity contribution in [3.8, 4) is 0 Å². The summed E-state index contributed by atoms with van der Waals surface area (Å²) in [5.41, 5.74) is -0.211. The Balaban J connectivity index is 0.00000137. The van der Waals surface area contributed by atoms with Crippen LogP contribution < -0.4 is 0 Å². The van der Waals surface area contributed by atoms with Gasteiger partial charge in [-0.2, -0.15) is 0 Å². The van der Waals surface area contributed by atoms with Crippen molar-refractivity contribution in [2.24, 2.45) is 11.3 Å². The van der Waals surface area contributed by atoms with E-state index in [1.807, 2.05) is 20.8 Å². The van der Waals surface area contributed by atoms with Gasteiger partial charge in [-0.1, -0.05) is 48.0 Å². The number of hydrogen-bond acceptors (Lipinski definition) is 2. The van der Waals surface area contributed by atoms with Crippen LogP contribution in [-0.4, -0.2) is 11.6 Å². The first-order valence-corrected chi connectivity index (χ1v) is 7.47. The van der Waals surface area contributed by atoms with Crippen LogP contribution in [0.15, 0.2) is 0 Å². The van der Waals surface area contributed by atoms with E-state index in [2.05, 4.69) is 27.7 Å². The standard InChI is InChI=1S/C14H26O2.C2H6/c1-11(13(2,3)4)12(15)16-14(5)9-7-6-8-10-14;1-2/h11H,6-10H2,1-5H3;1-2H3. The molecule has 2 nitrogen and oxygen atoms in total. The molecule has 0 aromatic carbocycles. The van der Waals surface area contributed by atoms with Crippen molar-refractivity contribution in [1.29, 1.82) is 0 Å². The molecule has 0 heterocycles. The van der Waals surface area contributed by atoms with Crippen LogP contribution >= 0.6 is 0 Å². The summed E-state index contributed by atoms with van der Waals surface area (Å²) >= 11 is 0. The molecule has 0 aliphatic heterocycles. The summed E-state index contributed by atoms with van der Waals surface area (Å²) in [6, 6.07) is 0. The van der Waals surface area contributed by atoms with Gasteiger partial charge in [0.25, 0.3) is 0 Å². The van der Waals surface area contributed by atoms with Crippen LogP contribution in [0.1, 0.15) is 80.6 Å². The van der Waals surface area contributed by atoms with Crippen LogP contribution in [-0.2, 0) is 9.53 Å². The minimum Gasteiger partial charge on any atom is -0.459 e. The highest BCUT2D eigenvalue weighted by molar-refractivity contribution is 5.73. The van der Waals surface area contributed by atoms with Crippen molar-refractivity contribution < 1.29 is 9.53 Å². The van der Waals surface area contributed by atoms with E-state index in [-0.39, 0.29) is 22.9 Å². The Bertz CT molecular complexity index is 244. The summed E-state index contributed by atoms with van der Waals surface area (Å²) in [7, 11) is 0. The first kappa shape index (κ1) is 17.5. The summed E-state index contributed by atoms with van der Waals surface area (Å²) in [6.07, 6.45) is 5.70. The molecule has 0 radical (unpaired) electrons. The van der Waals surface area contributed by atoms with Gasteiger partial charge in [-0.15, -0.1) is 0 Å². The van der Waals surface area contributed by atoms with Crippen molar-refractivity contribution in [2.45, 2.75) is 86.2 Å². The Morgan fingerprint density at radius 2 is 1.56 bits per heavy atom. The maximum Gasteiger partial charge on any atom is 0.309 e. The molecule has 0 saturated heterocycles. The average molecular weight is 256 g/mol. The van der Waals surface area contributed by atoms with E-state index >= 15 is 0 Å². The Labute approximate surface area is 113 Å². The number of carbonyl (C=O) groups excluding carboxylic acids is 1. The molecule has 1 aliphatic rings. The Morgan fingerprint density at radius 3 is 1.94 bits per heavy atom. The van der Waals surface area contributed by atoms with Gasteiger partial charge in [-0.3, -0.25) is 4.79 Å². The molecule has 1 rings (SSSR count). The predicted octanol–water partition coefficient (Wildman–Crippen LogP) is 4.96. The second-order valence-corrected chi connectivity index (χ2v) is 6.52. The number of ether oxygens (including phenoxy) is 1. The molecule has 2 heteroatoms. The molecule has 1 saturated carbocycles. The average Bonchev–Trinajstić information content (AvgIpc) is 2.29. The highest BCUT2D eigenvalue weighted by Crippen LogP contribution is 2.34. The topological polar surface area (TPSA) is 26.3 Å². The van der Waals surface area contributed by atoms with E-state index in [0.29, 0.717) is 0 Å². The third-order valence-corrected chi connectivity index (χ3v) is 3.91. The highest BCUT2D eigenvalue weighted by Gasteiger charge is 2.35. The van der Waals surface area contributed by atoms with Gasteiger partial charge in [0.1, 0.15) is 5.60 Å². The molecule has 0 N–H and O–H groups in total. The summed E-state index contributed by atoms with van der Waals surface area (Å²) in [5, 5.41) is 0. The van der Waals surface area contributed by atoms with E-state index < -0.39 is 0 Å². The SMILES string of the molecule is CC.CC(C(=O)OC1(C)CCCCC1)C(C)(C)C. The monoisotopic (exact) mass is 256 g/mol. The first-order chi connectivity index (χ1) is 8.25. The zero-order valence-electron chi connectivity index (χ0n) is 13.4. The van der Waals surface area contributed by atoms with E-state index in [1.54, 1.807) is 0 Å². The molecular formula is C16H32O2. The minimum atomic E-state index is -0.200. The highest BCUT2D eigenvalue weighted by atomic mass is 16.6. The Morgan fingerprint density at radius 1 is 1.11 bits per heavy atom. The minimum absolute atomic E-state index is 0.0118. The van der Waals surface area contributed by atoms with Crippen molar-refractivity contribution in [1.82, 2.24) is 0 Å². The van der Waals surface area contributed by atoms with Crippen LogP contribution in [0.4, 0.5) is 0 Å². The fourth-order valence-corrected chi connectivity index (χ4v) is 2.09. The van der Waals surface area contributed by atoms with E-state index in [4.69, 9.17) is 4.74 Å². The lowest BCUT2D eigenvalue weighted by atomic mass is 9.81. The van der Waals surface area contributed by atoms with E-state index in [9.17, 15) is 4.79 Å². The van der Waals surface area contributed by atoms with Crippen LogP contribution in [0.2, 0.25) is 0 Å². The lowest BCUT2D eigenvalue weighted by Gasteiger charge is -2.36. The Hall–Kier alpha value is -0.530. The van der Waals surface area contributed by atoms with E-state index in [0.717, 1.165) is 12.8 Å². The fourth-order valence-electron chi connectivity index (χ4n) is 2.09. The van der Waals surface area contributed by atoms with Crippen molar-refractivity contribution in [3.63, 3.8) is 0 Å². The predicted molar refractivity (Wildman–Crippen MR) is 77.5 cm³/mol. The molecule has 0 aromatic heterocycles. The summed E-state index contributed by atoms with van der Waals surface area (Å²) in [4.78, 5) is 12.0. The van der Waals surface area contributed by atoms with Gasteiger partial charge in [0.05, 0.1) is 5.92 Å². The molecule has 18 heavy (non-hydrogen) atoms. The van der Waals surface area contributed by atoms with E-state index in [1.165, 1.54) is 19.3 Å². The fraction of sp³-hybridized carbons (Fsp3) is 0.938. The quantitative estimate of drug-likeness (QED) is 0.653. The van der Waals surface area contributed by atoms with Crippen LogP contribution in [0.3, 0.4) is 0 Å². The number of rotatable bonds is 2. The second kappa shape index (κ2) is 7.16. The third kappa shape index (κ3) is 5.41. The maximum atomic E-state index is 12.0. The second-order valence-electron chi connectivity index (χ2n) is 6.52. The number of esters is 1. The number of carbonyl (C=O) groups is 1. The molecular weight excluding hydrogens is 224 g/mol. The summed E-state index contributed by atoms with van der Waals surface area (Å²) in [6.45, 7) is 14.3. The van der Waals surface area contributed by atoms with Crippen LogP contribution in [0.5, 0.6) is 0 Å². The van der Waals surface area contributed by atoms with Crippen LogP contribution in [0.25, 0.3) is 0 Å². The number of hydrogen-bond donors (Lipinski definition) is 0. The maximum absolute atomic E-state index is 12.0. The molecule has 0 spiro atoms. The van der Waals surface area contributed by atoms with Crippen molar-refractivity contribution in [3.05, 3.63) is 0 Å². The molecule has 1 fully saturated rings. The van der Waals surface area contributed by atoms with Crippen molar-refractivity contribution >= 4 is 5.97 Å². The third-order valence-electron chi connectivity index (χ3n) is 3.91. The summed E-state index contributed by atoms with van der Waals surface area (Å²) in [5.74, 6) is -0.0665. The normalized spacial score (nSPS) is 20.4. The van der Waals surface area contributed by atoms with Crippen LogP contribution in [0, 0.1) is 11.3 Å². The molecule has 1 atom stereocenters. The lowest BCUT2D eigenvalue weighted by molar-refractivity contribution is -0.169. The van der Waals surface area contributed by atoms with Gasteiger partial charge in [-0.05, 0) is 38.0 Å². The Kier molecular flexibility index (Phi) is 6.94. The zero-order chi connectivity index (χ0) is 14.4. The molecule has 1 unspecified atom stereocenters. The zero-order valence-corrected chi connectivity index (χ0v) is 13.4. The smallest absolute Gasteiger partial charge is 0.309 e. The molecule has 0 bridgehead atoms. The molecule has 0 aromatic rings. The van der Waals surface area contributed by atoms with Crippen molar-refractivity contribution in [2.75, 3.05) is 0 Å². The van der Waals surface area contributed by atoms with Gasteiger partial charge >= 0.3 is 5.97 Å².